The van der Waals surface area contributed by atoms with E-state index < -0.39 is 0 Å². The van der Waals surface area contributed by atoms with Crippen LogP contribution < -0.4 is 10.1 Å². The molecule has 0 aliphatic carbocycles. The van der Waals surface area contributed by atoms with E-state index >= 15 is 0 Å². The third kappa shape index (κ3) is 5.17. The van der Waals surface area contributed by atoms with Gasteiger partial charge in [-0.3, -0.25) is 0 Å². The van der Waals surface area contributed by atoms with Gasteiger partial charge in [-0.1, -0.05) is 19.1 Å². The fraction of sp³-hybridized carbons (Fsp3) is 0.353. The van der Waals surface area contributed by atoms with E-state index in [2.05, 4.69) is 29.4 Å². The number of nitrogens with one attached hydrogen (secondary N) is 1. The third-order valence-corrected chi connectivity index (χ3v) is 3.12. The molecule has 1 aromatic heterocycles. The van der Waals surface area contributed by atoms with E-state index in [0.29, 0.717) is 5.88 Å². The molecule has 1 N–H and O–H groups in total. The Morgan fingerprint density at radius 3 is 2.62 bits per heavy atom. The van der Waals surface area contributed by atoms with E-state index in [0.717, 1.165) is 31.9 Å². The molecule has 0 amide bonds. The standard InChI is InChI=1S/C17H22N2O2/c1-3-18-13-15-8-10-19-17(12-15)21-16-6-4-14(5-7-16)9-11-20-2/h4-8,10,12,18H,3,9,11,13H2,1-2H3. The zero-order valence-electron chi connectivity index (χ0n) is 12.6. The van der Waals surface area contributed by atoms with E-state index in [1.54, 1.807) is 13.3 Å². The molecule has 0 spiro atoms. The average Bonchev–Trinajstić information content (AvgIpc) is 2.53. The summed E-state index contributed by atoms with van der Waals surface area (Å²) in [6, 6.07) is 12.0. The minimum Gasteiger partial charge on any atom is -0.439 e. The molecular weight excluding hydrogens is 264 g/mol. The average molecular weight is 286 g/mol. The summed E-state index contributed by atoms with van der Waals surface area (Å²) < 4.78 is 10.9. The lowest BCUT2D eigenvalue weighted by Gasteiger charge is -2.08. The van der Waals surface area contributed by atoms with Crippen LogP contribution in [0.5, 0.6) is 11.6 Å². The predicted octanol–water partition coefficient (Wildman–Crippen LogP) is 3.17. The highest BCUT2D eigenvalue weighted by atomic mass is 16.5. The van der Waals surface area contributed by atoms with Crippen LogP contribution in [0.4, 0.5) is 0 Å². The monoisotopic (exact) mass is 286 g/mol. The Bertz CT molecular complexity index is 541. The van der Waals surface area contributed by atoms with Crippen LogP contribution in [0, 0.1) is 0 Å². The number of ether oxygens (including phenoxy) is 2. The Morgan fingerprint density at radius 2 is 1.90 bits per heavy atom. The van der Waals surface area contributed by atoms with E-state index in [1.165, 1.54) is 11.1 Å². The van der Waals surface area contributed by atoms with Gasteiger partial charge in [-0.25, -0.2) is 4.98 Å². The quantitative estimate of drug-likeness (QED) is 0.809. The van der Waals surface area contributed by atoms with Crippen LogP contribution in [-0.4, -0.2) is 25.2 Å². The molecule has 0 saturated heterocycles. The van der Waals surface area contributed by atoms with E-state index in [-0.39, 0.29) is 0 Å². The number of hydrogen-bond acceptors (Lipinski definition) is 4. The van der Waals surface area contributed by atoms with Gasteiger partial charge in [-0.05, 0) is 42.3 Å². The van der Waals surface area contributed by atoms with Crippen molar-refractivity contribution in [3.63, 3.8) is 0 Å². The molecular formula is C17H22N2O2. The van der Waals surface area contributed by atoms with Gasteiger partial charge in [0, 0.05) is 25.9 Å². The van der Waals surface area contributed by atoms with Gasteiger partial charge in [0.05, 0.1) is 6.61 Å². The van der Waals surface area contributed by atoms with Crippen molar-refractivity contribution in [1.82, 2.24) is 10.3 Å². The maximum absolute atomic E-state index is 5.79. The van der Waals surface area contributed by atoms with Crippen molar-refractivity contribution in [1.29, 1.82) is 0 Å². The summed E-state index contributed by atoms with van der Waals surface area (Å²) in [6.45, 7) is 4.59. The Morgan fingerprint density at radius 1 is 1.10 bits per heavy atom. The van der Waals surface area contributed by atoms with Crippen LogP contribution in [-0.2, 0) is 17.7 Å². The predicted molar refractivity (Wildman–Crippen MR) is 83.7 cm³/mol. The van der Waals surface area contributed by atoms with Crippen LogP contribution in [0.25, 0.3) is 0 Å². The fourth-order valence-electron chi connectivity index (χ4n) is 1.95. The number of aromatic nitrogens is 1. The topological polar surface area (TPSA) is 43.4 Å². The van der Waals surface area contributed by atoms with Crippen molar-refractivity contribution >= 4 is 0 Å². The van der Waals surface area contributed by atoms with Gasteiger partial charge in [0.1, 0.15) is 5.75 Å². The van der Waals surface area contributed by atoms with Crippen molar-refractivity contribution in [2.24, 2.45) is 0 Å². The maximum Gasteiger partial charge on any atom is 0.219 e. The smallest absolute Gasteiger partial charge is 0.219 e. The zero-order chi connectivity index (χ0) is 14.9. The van der Waals surface area contributed by atoms with Crippen LogP contribution in [0.2, 0.25) is 0 Å². The van der Waals surface area contributed by atoms with Gasteiger partial charge in [0.2, 0.25) is 5.88 Å². The Hall–Kier alpha value is -1.91. The lowest BCUT2D eigenvalue weighted by molar-refractivity contribution is 0.202. The first-order valence-corrected chi connectivity index (χ1v) is 7.23. The summed E-state index contributed by atoms with van der Waals surface area (Å²) >= 11 is 0. The molecule has 112 valence electrons. The molecule has 4 heteroatoms. The first-order valence-electron chi connectivity index (χ1n) is 7.23. The molecule has 0 radical (unpaired) electrons. The normalized spacial score (nSPS) is 10.6. The molecule has 2 aromatic rings. The highest BCUT2D eigenvalue weighted by Crippen LogP contribution is 2.20. The number of pyridine rings is 1. The molecule has 1 aromatic carbocycles. The lowest BCUT2D eigenvalue weighted by atomic mass is 10.1. The van der Waals surface area contributed by atoms with Crippen molar-refractivity contribution in [3.05, 3.63) is 53.7 Å². The Balaban J connectivity index is 1.97. The van der Waals surface area contributed by atoms with Crippen molar-refractivity contribution in [3.8, 4) is 11.6 Å². The Kier molecular flexibility index (Phi) is 6.19. The van der Waals surface area contributed by atoms with Crippen molar-refractivity contribution in [2.45, 2.75) is 19.9 Å². The minimum absolute atomic E-state index is 0.620. The molecule has 2 rings (SSSR count). The molecule has 1 heterocycles. The van der Waals surface area contributed by atoms with Gasteiger partial charge in [-0.15, -0.1) is 0 Å². The number of methoxy groups -OCH3 is 1. The van der Waals surface area contributed by atoms with Crippen LogP contribution in [0.3, 0.4) is 0 Å². The summed E-state index contributed by atoms with van der Waals surface area (Å²) in [5.74, 6) is 1.42. The van der Waals surface area contributed by atoms with Crippen LogP contribution in [0.1, 0.15) is 18.1 Å². The second-order valence-corrected chi connectivity index (χ2v) is 4.77. The molecule has 0 atom stereocenters. The second kappa shape index (κ2) is 8.39. The number of benzene rings is 1. The van der Waals surface area contributed by atoms with Gasteiger partial charge in [0.15, 0.2) is 0 Å². The van der Waals surface area contributed by atoms with E-state index in [1.807, 2.05) is 24.3 Å². The minimum atomic E-state index is 0.620. The van der Waals surface area contributed by atoms with E-state index in [4.69, 9.17) is 9.47 Å². The zero-order valence-corrected chi connectivity index (χ0v) is 12.6. The van der Waals surface area contributed by atoms with Crippen LogP contribution >= 0.6 is 0 Å². The summed E-state index contributed by atoms with van der Waals surface area (Å²) in [5, 5.41) is 3.29. The first-order chi connectivity index (χ1) is 10.3. The number of hydrogen-bond donors (Lipinski definition) is 1. The van der Waals surface area contributed by atoms with Gasteiger partial charge in [-0.2, -0.15) is 0 Å². The van der Waals surface area contributed by atoms with Crippen molar-refractivity contribution < 1.29 is 9.47 Å². The molecule has 0 saturated carbocycles. The summed E-state index contributed by atoms with van der Waals surface area (Å²) in [4.78, 5) is 4.24. The molecule has 0 bridgehead atoms. The lowest BCUT2D eigenvalue weighted by Crippen LogP contribution is -2.11. The molecule has 0 aliphatic rings. The summed E-state index contributed by atoms with van der Waals surface area (Å²) in [7, 11) is 1.71. The largest absolute Gasteiger partial charge is 0.439 e. The second-order valence-electron chi connectivity index (χ2n) is 4.77. The molecule has 0 fully saturated rings. The molecule has 21 heavy (non-hydrogen) atoms. The highest BCUT2D eigenvalue weighted by molar-refractivity contribution is 5.31. The first kappa shape index (κ1) is 15.5. The van der Waals surface area contributed by atoms with Crippen LogP contribution in [0.15, 0.2) is 42.6 Å². The third-order valence-electron chi connectivity index (χ3n) is 3.12. The van der Waals surface area contributed by atoms with Gasteiger partial charge < -0.3 is 14.8 Å². The van der Waals surface area contributed by atoms with Crippen molar-refractivity contribution in [2.75, 3.05) is 20.3 Å². The number of nitrogens with zero attached hydrogens (tertiary/aromatic N) is 1. The van der Waals surface area contributed by atoms with Gasteiger partial charge >= 0.3 is 0 Å². The molecule has 4 nitrogen and oxygen atoms in total. The highest BCUT2D eigenvalue weighted by Gasteiger charge is 2.01. The summed E-state index contributed by atoms with van der Waals surface area (Å²) in [5.41, 5.74) is 2.40. The Labute approximate surface area is 126 Å². The maximum atomic E-state index is 5.79. The molecule has 0 aliphatic heterocycles. The summed E-state index contributed by atoms with van der Waals surface area (Å²) in [6.07, 6.45) is 2.68. The SMILES string of the molecule is CCNCc1ccnc(Oc2ccc(CCOC)cc2)c1. The number of rotatable bonds is 8. The fourth-order valence-corrected chi connectivity index (χ4v) is 1.95. The van der Waals surface area contributed by atoms with Gasteiger partial charge in [0.25, 0.3) is 0 Å². The van der Waals surface area contributed by atoms with E-state index in [9.17, 15) is 0 Å². The molecule has 0 unspecified atom stereocenters.